The third kappa shape index (κ3) is 2.28. The van der Waals surface area contributed by atoms with Crippen LogP contribution >= 0.6 is 0 Å². The van der Waals surface area contributed by atoms with E-state index in [1.54, 1.807) is 0 Å². The van der Waals surface area contributed by atoms with Gasteiger partial charge in [0.15, 0.2) is 0 Å². The highest BCUT2D eigenvalue weighted by Crippen LogP contribution is 2.41. The molecular formula is C10H10F3NO. The standard InChI is InChI=1S/C10H10F3NO/c11-10(12,13)7-3-8(5-15)14-9(4-7)6-1-2-6/h3-4,6,15H,1-2,5H2. The van der Waals surface area contributed by atoms with E-state index in [1.165, 1.54) is 0 Å². The van der Waals surface area contributed by atoms with Crippen molar-refractivity contribution in [2.45, 2.75) is 31.5 Å². The van der Waals surface area contributed by atoms with E-state index in [2.05, 4.69) is 4.98 Å². The minimum absolute atomic E-state index is 0.0896. The Morgan fingerprint density at radius 1 is 1.33 bits per heavy atom. The second kappa shape index (κ2) is 3.48. The summed E-state index contributed by atoms with van der Waals surface area (Å²) < 4.78 is 37.4. The lowest BCUT2D eigenvalue weighted by Crippen LogP contribution is -2.08. The number of alkyl halides is 3. The molecule has 1 aliphatic rings. The molecule has 0 aliphatic heterocycles. The molecule has 1 aromatic rings. The molecule has 1 aliphatic carbocycles. The summed E-state index contributed by atoms with van der Waals surface area (Å²) in [6, 6.07) is 1.97. The van der Waals surface area contributed by atoms with Gasteiger partial charge in [-0.3, -0.25) is 4.98 Å². The second-order valence-electron chi connectivity index (χ2n) is 3.70. The third-order valence-electron chi connectivity index (χ3n) is 2.38. The van der Waals surface area contributed by atoms with Crippen molar-refractivity contribution in [3.05, 3.63) is 29.1 Å². The van der Waals surface area contributed by atoms with E-state index in [0.29, 0.717) is 5.69 Å². The molecule has 1 aromatic heterocycles. The second-order valence-corrected chi connectivity index (χ2v) is 3.70. The van der Waals surface area contributed by atoms with E-state index in [-0.39, 0.29) is 11.6 Å². The van der Waals surface area contributed by atoms with Crippen molar-refractivity contribution in [2.24, 2.45) is 0 Å². The highest BCUT2D eigenvalue weighted by atomic mass is 19.4. The normalized spacial score (nSPS) is 16.8. The Bertz CT molecular complexity index is 371. The van der Waals surface area contributed by atoms with Gasteiger partial charge in [0.05, 0.1) is 17.9 Å². The van der Waals surface area contributed by atoms with Gasteiger partial charge in [0, 0.05) is 11.6 Å². The van der Waals surface area contributed by atoms with Gasteiger partial charge in [-0.15, -0.1) is 0 Å². The van der Waals surface area contributed by atoms with Crippen LogP contribution < -0.4 is 0 Å². The quantitative estimate of drug-likeness (QED) is 0.825. The van der Waals surface area contributed by atoms with Crippen LogP contribution in [0.25, 0.3) is 0 Å². The van der Waals surface area contributed by atoms with Crippen molar-refractivity contribution in [2.75, 3.05) is 0 Å². The number of aliphatic hydroxyl groups is 1. The van der Waals surface area contributed by atoms with Crippen molar-refractivity contribution in [1.82, 2.24) is 4.98 Å². The van der Waals surface area contributed by atoms with Crippen LogP contribution in [-0.4, -0.2) is 10.1 Å². The van der Waals surface area contributed by atoms with Crippen molar-refractivity contribution in [3.8, 4) is 0 Å². The Labute approximate surface area is 84.8 Å². The molecular weight excluding hydrogens is 207 g/mol. The van der Waals surface area contributed by atoms with Crippen molar-refractivity contribution in [1.29, 1.82) is 0 Å². The van der Waals surface area contributed by atoms with Crippen molar-refractivity contribution < 1.29 is 18.3 Å². The summed E-state index contributed by atoms with van der Waals surface area (Å²) in [6.45, 7) is -0.455. The van der Waals surface area contributed by atoms with E-state index in [0.717, 1.165) is 25.0 Å². The molecule has 5 heteroatoms. The number of aromatic nitrogens is 1. The fraction of sp³-hybridized carbons (Fsp3) is 0.500. The van der Waals surface area contributed by atoms with Gasteiger partial charge < -0.3 is 5.11 Å². The zero-order valence-corrected chi connectivity index (χ0v) is 7.88. The van der Waals surface area contributed by atoms with Gasteiger partial charge in [0.25, 0.3) is 0 Å². The molecule has 0 bridgehead atoms. The fourth-order valence-electron chi connectivity index (χ4n) is 1.44. The molecule has 1 heterocycles. The SMILES string of the molecule is OCc1cc(C(F)(F)F)cc(C2CC2)n1. The van der Waals surface area contributed by atoms with Gasteiger partial charge >= 0.3 is 6.18 Å². The maximum atomic E-state index is 12.5. The summed E-state index contributed by atoms with van der Waals surface area (Å²) >= 11 is 0. The maximum absolute atomic E-state index is 12.5. The molecule has 0 saturated heterocycles. The average molecular weight is 217 g/mol. The van der Waals surface area contributed by atoms with Gasteiger partial charge in [-0.2, -0.15) is 13.2 Å². The number of hydrogen-bond donors (Lipinski definition) is 1. The lowest BCUT2D eigenvalue weighted by molar-refractivity contribution is -0.137. The molecule has 1 fully saturated rings. The highest BCUT2D eigenvalue weighted by molar-refractivity contribution is 5.27. The summed E-state index contributed by atoms with van der Waals surface area (Å²) in [4.78, 5) is 3.98. The molecule has 1 saturated carbocycles. The first-order valence-electron chi connectivity index (χ1n) is 4.69. The molecule has 15 heavy (non-hydrogen) atoms. The Balaban J connectivity index is 2.41. The predicted octanol–water partition coefficient (Wildman–Crippen LogP) is 2.47. The van der Waals surface area contributed by atoms with E-state index in [1.807, 2.05) is 0 Å². The first-order valence-corrected chi connectivity index (χ1v) is 4.69. The smallest absolute Gasteiger partial charge is 0.390 e. The molecule has 0 amide bonds. The van der Waals surface area contributed by atoms with Crippen LogP contribution in [0.4, 0.5) is 13.2 Å². The number of rotatable bonds is 2. The monoisotopic (exact) mass is 217 g/mol. The topological polar surface area (TPSA) is 33.1 Å². The first kappa shape index (κ1) is 10.4. The summed E-state index contributed by atoms with van der Waals surface area (Å²) in [6.07, 6.45) is -2.59. The summed E-state index contributed by atoms with van der Waals surface area (Å²) in [5, 5.41) is 8.82. The molecule has 0 spiro atoms. The number of hydrogen-bond acceptors (Lipinski definition) is 2. The molecule has 2 nitrogen and oxygen atoms in total. The van der Waals surface area contributed by atoms with Gasteiger partial charge in [0.2, 0.25) is 0 Å². The molecule has 0 atom stereocenters. The largest absolute Gasteiger partial charge is 0.416 e. The van der Waals surface area contributed by atoms with Crippen molar-refractivity contribution in [3.63, 3.8) is 0 Å². The summed E-state index contributed by atoms with van der Waals surface area (Å²) in [5.41, 5.74) is -0.177. The van der Waals surface area contributed by atoms with E-state index in [9.17, 15) is 13.2 Å². The summed E-state index contributed by atoms with van der Waals surface area (Å²) in [7, 11) is 0. The molecule has 1 N–H and O–H groups in total. The Kier molecular flexibility index (Phi) is 2.42. The van der Waals surface area contributed by atoms with Gasteiger partial charge in [0.1, 0.15) is 0 Å². The minimum Gasteiger partial charge on any atom is -0.390 e. The lowest BCUT2D eigenvalue weighted by Gasteiger charge is -2.09. The number of aliphatic hydroxyl groups excluding tert-OH is 1. The molecule has 0 unspecified atom stereocenters. The molecule has 0 aromatic carbocycles. The van der Waals surface area contributed by atoms with Gasteiger partial charge in [-0.25, -0.2) is 0 Å². The van der Waals surface area contributed by atoms with E-state index < -0.39 is 18.3 Å². The zero-order valence-electron chi connectivity index (χ0n) is 7.88. The average Bonchev–Trinajstić information content (AvgIpc) is 2.99. The lowest BCUT2D eigenvalue weighted by atomic mass is 10.1. The highest BCUT2D eigenvalue weighted by Gasteiger charge is 2.34. The number of halogens is 3. The van der Waals surface area contributed by atoms with Crippen LogP contribution in [0.5, 0.6) is 0 Å². The Hall–Kier alpha value is -1.10. The van der Waals surface area contributed by atoms with Crippen LogP contribution in [0.2, 0.25) is 0 Å². The van der Waals surface area contributed by atoms with E-state index >= 15 is 0 Å². The van der Waals surface area contributed by atoms with Crippen LogP contribution in [0, 0.1) is 0 Å². The number of pyridine rings is 1. The Morgan fingerprint density at radius 2 is 2.00 bits per heavy atom. The molecule has 2 rings (SSSR count). The zero-order chi connectivity index (χ0) is 11.1. The van der Waals surface area contributed by atoms with Gasteiger partial charge in [-0.1, -0.05) is 0 Å². The fourth-order valence-corrected chi connectivity index (χ4v) is 1.44. The molecule has 82 valence electrons. The van der Waals surface area contributed by atoms with Crippen LogP contribution in [0.15, 0.2) is 12.1 Å². The molecule has 0 radical (unpaired) electrons. The van der Waals surface area contributed by atoms with Crippen molar-refractivity contribution >= 4 is 0 Å². The predicted molar refractivity (Wildman–Crippen MR) is 47.1 cm³/mol. The van der Waals surface area contributed by atoms with Gasteiger partial charge in [-0.05, 0) is 25.0 Å². The van der Waals surface area contributed by atoms with Crippen LogP contribution in [0.1, 0.15) is 35.7 Å². The third-order valence-corrected chi connectivity index (χ3v) is 2.38. The number of nitrogens with zero attached hydrogens (tertiary/aromatic N) is 1. The Morgan fingerprint density at radius 3 is 2.47 bits per heavy atom. The summed E-state index contributed by atoms with van der Waals surface area (Å²) in [5.74, 6) is 0.151. The van der Waals surface area contributed by atoms with E-state index in [4.69, 9.17) is 5.11 Å². The van der Waals surface area contributed by atoms with Crippen LogP contribution in [0.3, 0.4) is 0 Å². The minimum atomic E-state index is -4.36. The first-order chi connectivity index (χ1) is 7.00. The van der Waals surface area contributed by atoms with Crippen LogP contribution in [-0.2, 0) is 12.8 Å². The maximum Gasteiger partial charge on any atom is 0.416 e.